The molecule has 1 nitrogen and oxygen atoms in total. The normalized spacial score (nSPS) is 46.1. The van der Waals surface area contributed by atoms with Crippen LogP contribution in [0, 0.1) is 17.8 Å². The molecule has 0 aromatic rings. The zero-order valence-corrected chi connectivity index (χ0v) is 6.47. The van der Waals surface area contributed by atoms with Crippen molar-refractivity contribution in [2.75, 3.05) is 0 Å². The summed E-state index contributed by atoms with van der Waals surface area (Å²) < 4.78 is 0. The largest absolute Gasteiger partial charge is 0.299 e. The van der Waals surface area contributed by atoms with E-state index in [0.29, 0.717) is 17.6 Å². The fourth-order valence-corrected chi connectivity index (χ4v) is 2.48. The quantitative estimate of drug-likeness (QED) is 0.500. The topological polar surface area (TPSA) is 17.1 Å². The van der Waals surface area contributed by atoms with Crippen LogP contribution in [0.25, 0.3) is 0 Å². The molecular weight excluding hydrogens is 124 g/mol. The van der Waals surface area contributed by atoms with Gasteiger partial charge in [0.05, 0.1) is 0 Å². The fourth-order valence-electron chi connectivity index (χ4n) is 2.48. The summed E-state index contributed by atoms with van der Waals surface area (Å²) in [7, 11) is 0. The van der Waals surface area contributed by atoms with Crippen LogP contribution in [0.15, 0.2) is 0 Å². The number of fused-ring (bicyclic) bond motifs is 2. The fraction of sp³-hybridized carbons (Fsp3) is 0.889. The molecule has 2 aliphatic carbocycles. The minimum Gasteiger partial charge on any atom is -0.299 e. The molecule has 1 heteroatoms. The molecule has 0 N–H and O–H groups in total. The highest BCUT2D eigenvalue weighted by Crippen LogP contribution is 2.42. The first-order valence-electron chi connectivity index (χ1n) is 4.30. The molecular formula is C9H14O. The van der Waals surface area contributed by atoms with Crippen LogP contribution in [0.5, 0.6) is 0 Å². The van der Waals surface area contributed by atoms with E-state index >= 15 is 0 Å². The Hall–Kier alpha value is -0.330. The molecule has 0 amide bonds. The van der Waals surface area contributed by atoms with Gasteiger partial charge in [-0.1, -0.05) is 6.92 Å². The molecule has 0 aromatic heterocycles. The van der Waals surface area contributed by atoms with E-state index in [4.69, 9.17) is 0 Å². The number of ketones is 1. The molecule has 10 heavy (non-hydrogen) atoms. The number of Topliss-reactive ketones (excluding diaryl/α,β-unsaturated/α-hetero) is 1. The first kappa shape index (κ1) is 6.38. The van der Waals surface area contributed by atoms with Crippen LogP contribution < -0.4 is 0 Å². The molecule has 2 fully saturated rings. The minimum atomic E-state index is 0.473. The smallest absolute Gasteiger partial charge is 0.136 e. The van der Waals surface area contributed by atoms with Gasteiger partial charge in [0.1, 0.15) is 5.78 Å². The summed E-state index contributed by atoms with van der Waals surface area (Å²) in [6, 6.07) is 0. The van der Waals surface area contributed by atoms with Crippen molar-refractivity contribution in [2.24, 2.45) is 17.8 Å². The lowest BCUT2D eigenvalue weighted by Gasteiger charge is -2.23. The Bertz CT molecular complexity index is 162. The van der Waals surface area contributed by atoms with Gasteiger partial charge >= 0.3 is 0 Å². The molecule has 3 atom stereocenters. The summed E-state index contributed by atoms with van der Waals surface area (Å²) >= 11 is 0. The van der Waals surface area contributed by atoms with Gasteiger partial charge in [-0.2, -0.15) is 0 Å². The van der Waals surface area contributed by atoms with Gasteiger partial charge < -0.3 is 0 Å². The van der Waals surface area contributed by atoms with Gasteiger partial charge in [-0.15, -0.1) is 0 Å². The molecule has 2 bridgehead atoms. The molecule has 0 aliphatic heterocycles. The van der Waals surface area contributed by atoms with Crippen molar-refractivity contribution in [1.82, 2.24) is 0 Å². The average Bonchev–Trinajstić information content (AvgIpc) is 2.28. The second-order valence-corrected chi connectivity index (χ2v) is 3.92. The van der Waals surface area contributed by atoms with Gasteiger partial charge in [-0.25, -0.2) is 0 Å². The maximum absolute atomic E-state index is 11.3. The zero-order valence-electron chi connectivity index (χ0n) is 6.47. The monoisotopic (exact) mass is 138 g/mol. The first-order chi connectivity index (χ1) is 4.77. The van der Waals surface area contributed by atoms with Gasteiger partial charge in [0, 0.05) is 12.3 Å². The van der Waals surface area contributed by atoms with Crippen molar-refractivity contribution >= 4 is 5.78 Å². The van der Waals surface area contributed by atoms with Gasteiger partial charge in [-0.05, 0) is 31.1 Å². The highest BCUT2D eigenvalue weighted by molar-refractivity contribution is 5.82. The maximum atomic E-state index is 11.3. The van der Waals surface area contributed by atoms with Crippen molar-refractivity contribution < 1.29 is 4.79 Å². The van der Waals surface area contributed by atoms with Gasteiger partial charge in [0.2, 0.25) is 0 Å². The number of rotatable bonds is 0. The van der Waals surface area contributed by atoms with Crippen LogP contribution in [-0.4, -0.2) is 5.78 Å². The average molecular weight is 138 g/mol. The van der Waals surface area contributed by atoms with Crippen LogP contribution in [-0.2, 0) is 4.79 Å². The Morgan fingerprint density at radius 3 is 3.00 bits per heavy atom. The second-order valence-electron chi connectivity index (χ2n) is 3.92. The van der Waals surface area contributed by atoms with E-state index in [2.05, 4.69) is 6.92 Å². The summed E-state index contributed by atoms with van der Waals surface area (Å²) in [6.07, 6.45) is 4.58. The van der Waals surface area contributed by atoms with Crippen LogP contribution in [0.2, 0.25) is 0 Å². The second kappa shape index (κ2) is 2.08. The minimum absolute atomic E-state index is 0.473. The summed E-state index contributed by atoms with van der Waals surface area (Å²) in [5.74, 6) is 2.59. The predicted molar refractivity (Wildman–Crippen MR) is 39.6 cm³/mol. The Balaban J connectivity index is 2.16. The molecule has 2 rings (SSSR count). The van der Waals surface area contributed by atoms with Crippen LogP contribution in [0.1, 0.15) is 32.6 Å². The SMILES string of the molecule is C[C@H]1CC(=O)[C@H]2CC[C@@H]1C2. The lowest BCUT2D eigenvalue weighted by atomic mass is 9.80. The zero-order chi connectivity index (χ0) is 7.14. The third-order valence-corrected chi connectivity index (χ3v) is 3.26. The van der Waals surface area contributed by atoms with E-state index in [1.54, 1.807) is 0 Å². The summed E-state index contributed by atoms with van der Waals surface area (Å²) in [4.78, 5) is 11.3. The van der Waals surface area contributed by atoms with Crippen molar-refractivity contribution in [2.45, 2.75) is 32.6 Å². The van der Waals surface area contributed by atoms with Crippen molar-refractivity contribution in [3.8, 4) is 0 Å². The first-order valence-corrected chi connectivity index (χ1v) is 4.30. The molecule has 2 saturated carbocycles. The molecule has 0 spiro atoms. The Labute approximate surface area is 61.8 Å². The van der Waals surface area contributed by atoms with Crippen LogP contribution in [0.3, 0.4) is 0 Å². The molecule has 0 aromatic carbocycles. The van der Waals surface area contributed by atoms with Crippen LogP contribution in [0.4, 0.5) is 0 Å². The maximum Gasteiger partial charge on any atom is 0.136 e. The van der Waals surface area contributed by atoms with E-state index in [1.165, 1.54) is 19.3 Å². The third kappa shape index (κ3) is 0.799. The number of carbonyl (C=O) groups is 1. The van der Waals surface area contributed by atoms with Crippen molar-refractivity contribution in [3.05, 3.63) is 0 Å². The van der Waals surface area contributed by atoms with E-state index in [9.17, 15) is 4.79 Å². The van der Waals surface area contributed by atoms with Gasteiger partial charge in [-0.3, -0.25) is 4.79 Å². The van der Waals surface area contributed by atoms with E-state index in [1.807, 2.05) is 0 Å². The third-order valence-electron chi connectivity index (χ3n) is 3.26. The van der Waals surface area contributed by atoms with Crippen molar-refractivity contribution in [3.63, 3.8) is 0 Å². The number of hydrogen-bond acceptors (Lipinski definition) is 1. The molecule has 56 valence electrons. The molecule has 0 heterocycles. The highest BCUT2D eigenvalue weighted by Gasteiger charge is 2.38. The van der Waals surface area contributed by atoms with Gasteiger partial charge in [0.15, 0.2) is 0 Å². The lowest BCUT2D eigenvalue weighted by molar-refractivity contribution is -0.125. The Kier molecular flexibility index (Phi) is 1.33. The van der Waals surface area contributed by atoms with Crippen LogP contribution >= 0.6 is 0 Å². The van der Waals surface area contributed by atoms with Gasteiger partial charge in [0.25, 0.3) is 0 Å². The Morgan fingerprint density at radius 2 is 2.20 bits per heavy atom. The van der Waals surface area contributed by atoms with E-state index < -0.39 is 0 Å². The molecule has 2 aliphatic rings. The Morgan fingerprint density at radius 1 is 1.40 bits per heavy atom. The highest BCUT2D eigenvalue weighted by atomic mass is 16.1. The molecule has 0 saturated heterocycles. The van der Waals surface area contributed by atoms with Crippen molar-refractivity contribution in [1.29, 1.82) is 0 Å². The molecule has 0 radical (unpaired) electrons. The number of hydrogen-bond donors (Lipinski definition) is 0. The standard InChI is InChI=1S/C9H14O/c1-6-4-9(10)8-3-2-7(6)5-8/h6-8H,2-5H2,1H3/t6-,7+,8-/m0/s1. The summed E-state index contributed by atoms with van der Waals surface area (Å²) in [5, 5.41) is 0. The number of carbonyl (C=O) groups excluding carboxylic acids is 1. The summed E-state index contributed by atoms with van der Waals surface area (Å²) in [6.45, 7) is 2.23. The lowest BCUT2D eigenvalue weighted by Crippen LogP contribution is -2.23. The molecule has 0 unspecified atom stereocenters. The predicted octanol–water partition coefficient (Wildman–Crippen LogP) is 2.01. The summed E-state index contributed by atoms with van der Waals surface area (Å²) in [5.41, 5.74) is 0. The van der Waals surface area contributed by atoms with E-state index in [0.717, 1.165) is 12.3 Å². The van der Waals surface area contributed by atoms with E-state index in [-0.39, 0.29) is 0 Å².